The van der Waals surface area contributed by atoms with Gasteiger partial charge in [0, 0.05) is 36.8 Å². The van der Waals surface area contributed by atoms with Gasteiger partial charge in [-0.05, 0) is 6.42 Å². The van der Waals surface area contributed by atoms with Crippen molar-refractivity contribution in [3.05, 3.63) is 0 Å². The minimum absolute atomic E-state index is 0.213. The van der Waals surface area contributed by atoms with E-state index in [0.29, 0.717) is 13.0 Å². The summed E-state index contributed by atoms with van der Waals surface area (Å²) in [7, 11) is -3.66. The molecule has 0 amide bonds. The largest absolute Gasteiger partial charge is 0.343 e. The maximum Gasteiger partial charge on any atom is 0.343 e. The average Bonchev–Trinajstić information content (AvgIpc) is 2.25. The van der Waals surface area contributed by atoms with Crippen LogP contribution in [0.5, 0.6) is 0 Å². The molecule has 1 aliphatic heterocycles. The Morgan fingerprint density at radius 2 is 2.43 bits per heavy atom. The Balaban J connectivity index is 3.00. The molecule has 0 bridgehead atoms. The van der Waals surface area contributed by atoms with Crippen LogP contribution >= 0.6 is 30.9 Å². The highest BCUT2D eigenvalue weighted by Gasteiger charge is 2.32. The van der Waals surface area contributed by atoms with E-state index < -0.39 is 32.4 Å². The monoisotopic (exact) mass is 264 g/mol. The molecule has 0 aromatic rings. The molecule has 0 aromatic heterocycles. The second-order valence-corrected chi connectivity index (χ2v) is 5.23. The molecule has 0 aromatic carbocycles. The predicted octanol–water partition coefficient (Wildman–Crippen LogP) is 1.88. The summed E-state index contributed by atoms with van der Waals surface area (Å²) >= 11 is 11.0. The van der Waals surface area contributed by atoms with Crippen LogP contribution in [-0.4, -0.2) is 42.6 Å². The molecular weight excluding hydrogens is 246 g/mol. The number of hydrogen-bond acceptors (Lipinski definition) is 2. The standard InChI is InChI=1S/C7H15Cl2N2O2P/c8-2-5-11(6-3-9)14(12)10-4-1-7-13-14/h1-7H2,(H,10,12)/i2D2,6D2. The molecule has 1 aliphatic rings. The lowest BCUT2D eigenvalue weighted by atomic mass is 10.5. The van der Waals surface area contributed by atoms with Crippen LogP contribution in [0.15, 0.2) is 0 Å². The van der Waals surface area contributed by atoms with Crippen LogP contribution in [0.2, 0.25) is 0 Å². The third-order valence-corrected chi connectivity index (χ3v) is 3.98. The fourth-order valence-electron chi connectivity index (χ4n) is 1.05. The summed E-state index contributed by atoms with van der Waals surface area (Å²) in [6.07, 6.45) is 0.648. The van der Waals surface area contributed by atoms with Crippen molar-refractivity contribution in [2.75, 3.05) is 37.9 Å². The summed E-state index contributed by atoms with van der Waals surface area (Å²) in [4.78, 5) is 0. The molecule has 4 nitrogen and oxygen atoms in total. The van der Waals surface area contributed by atoms with E-state index in [1.807, 2.05) is 0 Å². The van der Waals surface area contributed by atoms with Crippen molar-refractivity contribution in [3.8, 4) is 0 Å². The van der Waals surface area contributed by atoms with Gasteiger partial charge >= 0.3 is 7.67 Å². The summed E-state index contributed by atoms with van der Waals surface area (Å²) in [6, 6.07) is 0. The highest BCUT2D eigenvalue weighted by molar-refractivity contribution is 7.54. The molecule has 1 fully saturated rings. The van der Waals surface area contributed by atoms with Gasteiger partial charge in [0.05, 0.1) is 6.61 Å². The van der Waals surface area contributed by atoms with Crippen molar-refractivity contribution in [1.29, 1.82) is 0 Å². The van der Waals surface area contributed by atoms with Crippen LogP contribution < -0.4 is 5.09 Å². The number of nitrogens with one attached hydrogen (secondary N) is 1. The Bertz CT molecular complexity index is 332. The number of alkyl halides is 2. The van der Waals surface area contributed by atoms with Crippen molar-refractivity contribution >= 4 is 30.9 Å². The van der Waals surface area contributed by atoms with Crippen LogP contribution in [0.25, 0.3) is 0 Å². The van der Waals surface area contributed by atoms with Gasteiger partial charge in [-0.3, -0.25) is 4.57 Å². The molecule has 14 heavy (non-hydrogen) atoms. The lowest BCUT2D eigenvalue weighted by Crippen LogP contribution is -2.35. The lowest BCUT2D eigenvalue weighted by Gasteiger charge is -2.33. The van der Waals surface area contributed by atoms with E-state index >= 15 is 0 Å². The van der Waals surface area contributed by atoms with Crippen LogP contribution in [0.1, 0.15) is 11.9 Å². The molecule has 0 saturated carbocycles. The summed E-state index contributed by atoms with van der Waals surface area (Å²) < 4.78 is 48.4. The topological polar surface area (TPSA) is 41.6 Å². The van der Waals surface area contributed by atoms with Gasteiger partial charge in [0.2, 0.25) is 0 Å². The van der Waals surface area contributed by atoms with Crippen molar-refractivity contribution in [2.45, 2.75) is 6.42 Å². The van der Waals surface area contributed by atoms with E-state index in [0.717, 1.165) is 4.67 Å². The molecule has 1 unspecified atom stereocenters. The van der Waals surface area contributed by atoms with E-state index in [2.05, 4.69) is 5.09 Å². The Morgan fingerprint density at radius 1 is 1.64 bits per heavy atom. The summed E-state index contributed by atoms with van der Waals surface area (Å²) in [5.74, 6) is -2.71. The van der Waals surface area contributed by atoms with Gasteiger partial charge in [-0.2, -0.15) is 0 Å². The van der Waals surface area contributed by atoms with Gasteiger partial charge in [0.1, 0.15) is 0 Å². The Morgan fingerprint density at radius 3 is 2.93 bits per heavy atom. The molecule has 7 heteroatoms. The summed E-state index contributed by atoms with van der Waals surface area (Å²) in [6.45, 7) is -2.18. The summed E-state index contributed by atoms with van der Waals surface area (Å²) in [5.41, 5.74) is 0. The first-order valence-corrected chi connectivity index (χ1v) is 6.62. The normalized spacial score (nSPS) is 34.5. The minimum atomic E-state index is -3.66. The van der Waals surface area contributed by atoms with Crippen LogP contribution in [0.3, 0.4) is 0 Å². The van der Waals surface area contributed by atoms with E-state index in [9.17, 15) is 4.57 Å². The quantitative estimate of drug-likeness (QED) is 0.608. The fraction of sp³-hybridized carbons (Fsp3) is 1.00. The zero-order valence-electron chi connectivity index (χ0n) is 11.5. The molecule has 84 valence electrons. The van der Waals surface area contributed by atoms with Crippen molar-refractivity contribution < 1.29 is 14.6 Å². The maximum atomic E-state index is 12.5. The highest BCUT2D eigenvalue weighted by Crippen LogP contribution is 2.47. The molecular formula is C7H15Cl2N2O2P. The third kappa shape index (κ3) is 3.37. The molecule has 0 radical (unpaired) electrons. The van der Waals surface area contributed by atoms with Crippen LogP contribution in [0, 0.1) is 0 Å². The zero-order valence-corrected chi connectivity index (χ0v) is 9.91. The second-order valence-electron chi connectivity index (χ2n) is 2.60. The number of nitrogens with zero attached hydrogens (tertiary/aromatic N) is 1. The molecule has 1 atom stereocenters. The first-order valence-electron chi connectivity index (χ1n) is 6.13. The van der Waals surface area contributed by atoms with Crippen molar-refractivity contribution in [3.63, 3.8) is 0 Å². The molecule has 0 aliphatic carbocycles. The summed E-state index contributed by atoms with van der Waals surface area (Å²) in [5, 5.41) is 2.59. The molecule has 1 N–H and O–H groups in total. The molecule has 1 rings (SSSR count). The smallest absolute Gasteiger partial charge is 0.306 e. The SMILES string of the molecule is [2H]C([2H])(Cl)CN(C([2H])([2H])CCl)P1(=O)NCCCO1. The van der Waals surface area contributed by atoms with Crippen molar-refractivity contribution in [1.82, 2.24) is 9.76 Å². The number of halogens is 2. The van der Waals surface area contributed by atoms with Gasteiger partial charge in [-0.25, -0.2) is 9.76 Å². The van der Waals surface area contributed by atoms with E-state index in [4.69, 9.17) is 33.2 Å². The minimum Gasteiger partial charge on any atom is -0.306 e. The Kier molecular flexibility index (Phi) is 3.55. The first kappa shape index (κ1) is 7.88. The van der Waals surface area contributed by atoms with Gasteiger partial charge < -0.3 is 4.52 Å². The lowest BCUT2D eigenvalue weighted by molar-refractivity contribution is 0.233. The van der Waals surface area contributed by atoms with Gasteiger partial charge in [-0.1, -0.05) is 0 Å². The molecule has 1 saturated heterocycles. The maximum absolute atomic E-state index is 12.5. The Labute approximate surface area is 100 Å². The molecule has 0 spiro atoms. The van der Waals surface area contributed by atoms with Crippen LogP contribution in [0.4, 0.5) is 0 Å². The fourth-order valence-corrected chi connectivity index (χ4v) is 3.21. The zero-order chi connectivity index (χ0) is 14.0. The van der Waals surface area contributed by atoms with Gasteiger partial charge in [-0.15, -0.1) is 23.2 Å². The Hall–Kier alpha value is 0.690. The van der Waals surface area contributed by atoms with E-state index in [-0.39, 0.29) is 6.61 Å². The van der Waals surface area contributed by atoms with Crippen LogP contribution in [-0.2, 0) is 9.09 Å². The second kappa shape index (κ2) is 6.31. The van der Waals surface area contributed by atoms with Gasteiger partial charge in [0.25, 0.3) is 0 Å². The predicted molar refractivity (Wildman–Crippen MR) is 59.2 cm³/mol. The van der Waals surface area contributed by atoms with Crippen molar-refractivity contribution in [2.24, 2.45) is 0 Å². The van der Waals surface area contributed by atoms with E-state index in [1.165, 1.54) is 0 Å². The third-order valence-electron chi connectivity index (χ3n) is 1.67. The van der Waals surface area contributed by atoms with Gasteiger partial charge in [0.15, 0.2) is 0 Å². The van der Waals surface area contributed by atoms with E-state index in [1.54, 1.807) is 0 Å². The first-order chi connectivity index (χ1) is 8.11. The average molecular weight is 265 g/mol. The highest BCUT2D eigenvalue weighted by atomic mass is 35.5. The number of rotatable bonds is 5. The molecule has 1 heterocycles. The number of hydrogen-bond donors (Lipinski definition) is 1.